The maximum Gasteiger partial charge on any atom is 0.356 e. The number of aryl methyl sites for hydroxylation is 1. The van der Waals surface area contributed by atoms with Gasteiger partial charge in [0.2, 0.25) is 5.91 Å². The van der Waals surface area contributed by atoms with Crippen LogP contribution in [0.5, 0.6) is 0 Å². The van der Waals surface area contributed by atoms with E-state index in [9.17, 15) is 14.4 Å². The number of fused-ring (bicyclic) bond motifs is 1. The third-order valence-corrected chi connectivity index (χ3v) is 9.56. The van der Waals surface area contributed by atoms with Gasteiger partial charge >= 0.3 is 5.97 Å². The van der Waals surface area contributed by atoms with Gasteiger partial charge in [-0.3, -0.25) is 14.5 Å². The van der Waals surface area contributed by atoms with E-state index in [0.29, 0.717) is 11.3 Å². The van der Waals surface area contributed by atoms with Gasteiger partial charge in [-0.05, 0) is 35.3 Å². The molecule has 0 radical (unpaired) electrons. The average Bonchev–Trinajstić information content (AvgIpc) is 3.46. The lowest BCUT2D eigenvalue weighted by Gasteiger charge is -2.49. The maximum absolute atomic E-state index is 14.1. The summed E-state index contributed by atoms with van der Waals surface area (Å²) in [7, 11) is 0. The Morgan fingerprint density at radius 2 is 1.60 bits per heavy atom. The highest BCUT2D eigenvalue weighted by Crippen LogP contribution is 2.42. The summed E-state index contributed by atoms with van der Waals surface area (Å²) in [5.74, 6) is -0.690. The molecule has 0 aliphatic carbocycles. The van der Waals surface area contributed by atoms with Crippen molar-refractivity contribution in [2.75, 3.05) is 5.75 Å². The number of hydrogen-bond acceptors (Lipinski definition) is 7. The highest BCUT2D eigenvalue weighted by molar-refractivity contribution is 8.00. The van der Waals surface area contributed by atoms with Crippen LogP contribution in [0.2, 0.25) is 0 Å². The lowest BCUT2D eigenvalue weighted by atomic mass is 10.00. The van der Waals surface area contributed by atoms with Crippen molar-refractivity contribution < 1.29 is 19.1 Å². The zero-order valence-corrected chi connectivity index (χ0v) is 25.0. The molecule has 2 unspecified atom stereocenters. The van der Waals surface area contributed by atoms with E-state index in [2.05, 4.69) is 10.3 Å². The minimum atomic E-state index is -0.725. The molecule has 2 aliphatic rings. The first kappa shape index (κ1) is 28.6. The lowest BCUT2D eigenvalue weighted by Crippen LogP contribution is -2.70. The first-order valence-electron chi connectivity index (χ1n) is 13.9. The molecular formula is C34H29N3O4S2. The summed E-state index contributed by atoms with van der Waals surface area (Å²) >= 11 is 3.02. The molecule has 9 heteroatoms. The Bertz CT molecular complexity index is 1650. The minimum Gasteiger partial charge on any atom is -0.448 e. The molecule has 0 bridgehead atoms. The Labute approximate surface area is 258 Å². The number of ether oxygens (including phenoxy) is 1. The zero-order chi connectivity index (χ0) is 29.8. The Morgan fingerprint density at radius 1 is 0.977 bits per heavy atom. The van der Waals surface area contributed by atoms with Crippen LogP contribution in [0.1, 0.15) is 33.4 Å². The monoisotopic (exact) mass is 607 g/mol. The Kier molecular flexibility index (Phi) is 8.53. The van der Waals surface area contributed by atoms with Crippen LogP contribution in [0.15, 0.2) is 114 Å². The number of β-lactam (4-membered cyclic amide) rings is 1. The number of thiazole rings is 1. The van der Waals surface area contributed by atoms with Gasteiger partial charge in [-0.1, -0.05) is 97.1 Å². The van der Waals surface area contributed by atoms with Crippen molar-refractivity contribution >= 4 is 47.0 Å². The van der Waals surface area contributed by atoms with Crippen molar-refractivity contribution in [1.29, 1.82) is 0 Å². The minimum absolute atomic E-state index is 0.171. The molecule has 1 aromatic heterocycles. The van der Waals surface area contributed by atoms with Crippen molar-refractivity contribution in [2.24, 2.45) is 0 Å². The molecule has 3 heterocycles. The molecule has 4 aromatic rings. The van der Waals surface area contributed by atoms with E-state index in [0.717, 1.165) is 27.3 Å². The molecule has 6 rings (SSSR count). The molecule has 1 N–H and O–H groups in total. The number of amides is 2. The number of nitrogens with one attached hydrogen (secondary N) is 1. The van der Waals surface area contributed by atoms with Crippen molar-refractivity contribution in [3.8, 4) is 0 Å². The zero-order valence-electron chi connectivity index (χ0n) is 23.4. The van der Waals surface area contributed by atoms with Gasteiger partial charge in [0.1, 0.15) is 17.1 Å². The first-order valence-corrected chi connectivity index (χ1v) is 15.8. The fraction of sp³-hybridized carbons (Fsp3) is 0.176. The molecule has 7 nitrogen and oxygen atoms in total. The van der Waals surface area contributed by atoms with Crippen LogP contribution in [0.4, 0.5) is 0 Å². The highest BCUT2D eigenvalue weighted by atomic mass is 32.2. The number of rotatable bonds is 9. The molecule has 216 valence electrons. The number of allylic oxidation sites excluding steroid dienone is 1. The van der Waals surface area contributed by atoms with Gasteiger partial charge in [0, 0.05) is 10.6 Å². The molecule has 2 amide bonds. The Morgan fingerprint density at radius 3 is 2.21 bits per heavy atom. The van der Waals surface area contributed by atoms with E-state index < -0.39 is 23.5 Å². The first-order chi connectivity index (χ1) is 21.0. The SMILES string of the molecule is Cc1ncsc1/C=C/C1=C(C(=O)OC(c2ccccc2)c2ccccc2)N2C(=O)C(NC(=O)Cc3ccccc3)C2SC1. The fourth-order valence-electron chi connectivity index (χ4n) is 5.16. The van der Waals surface area contributed by atoms with E-state index in [1.54, 1.807) is 5.51 Å². The van der Waals surface area contributed by atoms with Gasteiger partial charge in [0.05, 0.1) is 17.6 Å². The van der Waals surface area contributed by atoms with Gasteiger partial charge in [-0.15, -0.1) is 23.1 Å². The summed E-state index contributed by atoms with van der Waals surface area (Å²) in [6, 6.07) is 27.8. The van der Waals surface area contributed by atoms with Gasteiger partial charge in [-0.25, -0.2) is 9.78 Å². The van der Waals surface area contributed by atoms with Crippen molar-refractivity contribution in [3.63, 3.8) is 0 Å². The van der Waals surface area contributed by atoms with Crippen molar-refractivity contribution in [1.82, 2.24) is 15.2 Å². The largest absolute Gasteiger partial charge is 0.448 e. The van der Waals surface area contributed by atoms with E-state index in [1.165, 1.54) is 28.0 Å². The van der Waals surface area contributed by atoms with Crippen LogP contribution in [0.25, 0.3) is 6.08 Å². The van der Waals surface area contributed by atoms with E-state index in [-0.39, 0.29) is 23.9 Å². The Hall–Kier alpha value is -4.47. The quantitative estimate of drug-likeness (QED) is 0.194. The number of carbonyl (C=O) groups excluding carboxylic acids is 3. The molecule has 1 fully saturated rings. The summed E-state index contributed by atoms with van der Waals surface area (Å²) in [5, 5.41) is 2.48. The second-order valence-electron chi connectivity index (χ2n) is 10.2. The average molecular weight is 608 g/mol. The van der Waals surface area contributed by atoms with Crippen LogP contribution < -0.4 is 5.32 Å². The van der Waals surface area contributed by atoms with Crippen molar-refractivity contribution in [2.45, 2.75) is 30.9 Å². The summed E-state index contributed by atoms with van der Waals surface area (Å²) in [4.78, 5) is 47.3. The number of carbonyl (C=O) groups is 3. The van der Waals surface area contributed by atoms with Crippen LogP contribution in [0, 0.1) is 6.92 Å². The molecular weight excluding hydrogens is 579 g/mol. The van der Waals surface area contributed by atoms with Gasteiger partial charge in [-0.2, -0.15) is 0 Å². The van der Waals surface area contributed by atoms with Gasteiger partial charge < -0.3 is 10.1 Å². The lowest BCUT2D eigenvalue weighted by molar-refractivity contribution is -0.154. The number of esters is 1. The standard InChI is InChI=1S/C34H29N3O4S2/c1-22-27(43-21-35-22)18-17-26-20-42-33-29(36-28(38)19-23-11-5-2-6-12-23)32(39)37(33)30(26)34(40)41-31(24-13-7-3-8-14-24)25-15-9-4-10-16-25/h2-18,21,29,31,33H,19-20H2,1H3,(H,36,38)/b18-17+. The van der Waals surface area contributed by atoms with Crippen LogP contribution in [0.3, 0.4) is 0 Å². The topological polar surface area (TPSA) is 88.6 Å². The normalized spacial score (nSPS) is 18.0. The molecule has 43 heavy (non-hydrogen) atoms. The second kappa shape index (κ2) is 12.8. The predicted molar refractivity (Wildman–Crippen MR) is 169 cm³/mol. The van der Waals surface area contributed by atoms with Crippen LogP contribution in [-0.2, 0) is 25.5 Å². The van der Waals surface area contributed by atoms with E-state index in [1.807, 2.05) is 110 Å². The van der Waals surface area contributed by atoms with E-state index >= 15 is 0 Å². The van der Waals surface area contributed by atoms with Gasteiger partial charge in [0.15, 0.2) is 6.10 Å². The summed E-state index contributed by atoms with van der Waals surface area (Å²) in [6.07, 6.45) is 3.30. The maximum atomic E-state index is 14.1. The molecule has 3 aromatic carbocycles. The number of benzene rings is 3. The third kappa shape index (κ3) is 6.18. The van der Waals surface area contributed by atoms with Crippen LogP contribution in [-0.4, -0.2) is 44.8 Å². The molecule has 0 spiro atoms. The predicted octanol–water partition coefficient (Wildman–Crippen LogP) is 5.69. The fourth-order valence-corrected chi connectivity index (χ4v) is 7.17. The number of nitrogens with zero attached hydrogens (tertiary/aromatic N) is 2. The molecule has 2 aliphatic heterocycles. The molecule has 2 atom stereocenters. The van der Waals surface area contributed by atoms with Crippen molar-refractivity contribution in [3.05, 3.63) is 141 Å². The van der Waals surface area contributed by atoms with Gasteiger partial charge in [0.25, 0.3) is 5.91 Å². The molecule has 1 saturated heterocycles. The summed E-state index contributed by atoms with van der Waals surface area (Å²) in [6.45, 7) is 1.93. The summed E-state index contributed by atoms with van der Waals surface area (Å²) < 4.78 is 6.22. The second-order valence-corrected chi connectivity index (χ2v) is 12.2. The number of aromatic nitrogens is 1. The summed E-state index contributed by atoms with van der Waals surface area (Å²) in [5.41, 5.74) is 6.06. The third-order valence-electron chi connectivity index (χ3n) is 7.36. The Balaban J connectivity index is 1.29. The number of hydrogen-bond donors (Lipinski definition) is 1. The number of thioether (sulfide) groups is 1. The van der Waals surface area contributed by atoms with E-state index in [4.69, 9.17) is 4.74 Å². The van der Waals surface area contributed by atoms with Crippen LogP contribution >= 0.6 is 23.1 Å². The smallest absolute Gasteiger partial charge is 0.356 e. The highest BCUT2D eigenvalue weighted by Gasteiger charge is 2.54. The molecule has 0 saturated carbocycles.